The number of aliphatic hydroxyl groups is 1. The first kappa shape index (κ1) is 10.9. The molecule has 4 heteroatoms. The van der Waals surface area contributed by atoms with Crippen molar-refractivity contribution in [2.24, 2.45) is 0 Å². The van der Waals surface area contributed by atoms with Gasteiger partial charge in [-0.05, 0) is 37.1 Å². The molecule has 0 saturated carbocycles. The highest BCUT2D eigenvalue weighted by molar-refractivity contribution is 5.47. The van der Waals surface area contributed by atoms with Gasteiger partial charge in [-0.3, -0.25) is 0 Å². The minimum absolute atomic E-state index is 0.166. The van der Waals surface area contributed by atoms with Gasteiger partial charge in [0.25, 0.3) is 0 Å². The largest absolute Gasteiger partial charge is 0.454 e. The Morgan fingerprint density at radius 3 is 2.94 bits per heavy atom. The number of fused-ring (bicyclic) bond motifs is 1. The Morgan fingerprint density at radius 2 is 2.18 bits per heavy atom. The number of hydrogen-bond acceptors (Lipinski definition) is 4. The molecule has 4 nitrogen and oxygen atoms in total. The highest BCUT2D eigenvalue weighted by atomic mass is 16.7. The lowest BCUT2D eigenvalue weighted by atomic mass is 9.75. The van der Waals surface area contributed by atoms with Gasteiger partial charge in [0.1, 0.15) is 0 Å². The van der Waals surface area contributed by atoms with Crippen molar-refractivity contribution in [3.8, 4) is 11.5 Å². The van der Waals surface area contributed by atoms with Crippen LogP contribution in [0.1, 0.15) is 18.4 Å². The van der Waals surface area contributed by atoms with E-state index in [1.165, 1.54) is 0 Å². The van der Waals surface area contributed by atoms with E-state index in [0.717, 1.165) is 43.0 Å². The SMILES string of the molecule is OCC1(c2ccc3c(c2)OCO3)CCCNC1. The van der Waals surface area contributed by atoms with Gasteiger partial charge in [-0.2, -0.15) is 0 Å². The summed E-state index contributed by atoms with van der Waals surface area (Å²) < 4.78 is 10.7. The average Bonchev–Trinajstić information content (AvgIpc) is 2.86. The molecule has 17 heavy (non-hydrogen) atoms. The van der Waals surface area contributed by atoms with Crippen LogP contribution >= 0.6 is 0 Å². The van der Waals surface area contributed by atoms with E-state index >= 15 is 0 Å². The molecule has 3 rings (SSSR count). The predicted octanol–water partition coefficient (Wildman–Crippen LogP) is 1.03. The molecular formula is C13H17NO3. The number of piperidine rings is 1. The zero-order valence-corrected chi connectivity index (χ0v) is 9.74. The number of ether oxygens (including phenoxy) is 2. The van der Waals surface area contributed by atoms with Crippen molar-refractivity contribution in [3.05, 3.63) is 23.8 Å². The summed E-state index contributed by atoms with van der Waals surface area (Å²) >= 11 is 0. The van der Waals surface area contributed by atoms with Crippen molar-refractivity contribution in [1.82, 2.24) is 5.32 Å². The molecule has 1 unspecified atom stereocenters. The zero-order chi connectivity index (χ0) is 11.7. The second kappa shape index (κ2) is 4.20. The molecule has 0 aliphatic carbocycles. The van der Waals surface area contributed by atoms with Crippen LogP contribution in [0.5, 0.6) is 11.5 Å². The number of hydrogen-bond donors (Lipinski definition) is 2. The van der Waals surface area contributed by atoms with Gasteiger partial charge in [0.2, 0.25) is 6.79 Å². The van der Waals surface area contributed by atoms with E-state index in [-0.39, 0.29) is 12.0 Å². The molecule has 0 spiro atoms. The van der Waals surface area contributed by atoms with Gasteiger partial charge in [0.15, 0.2) is 11.5 Å². The molecule has 2 aliphatic rings. The summed E-state index contributed by atoms with van der Waals surface area (Å²) in [5.74, 6) is 1.59. The Kier molecular flexibility index (Phi) is 2.68. The molecule has 92 valence electrons. The predicted molar refractivity (Wildman–Crippen MR) is 63.4 cm³/mol. The molecule has 2 aliphatic heterocycles. The molecule has 1 aromatic carbocycles. The standard InChI is InChI=1S/C13H17NO3/c15-8-13(4-1-5-14-7-13)10-2-3-11-12(6-10)17-9-16-11/h2-3,6,14-15H,1,4-5,7-9H2. The monoisotopic (exact) mass is 235 g/mol. The Labute approximate surface area is 101 Å². The Morgan fingerprint density at radius 1 is 1.29 bits per heavy atom. The van der Waals surface area contributed by atoms with Crippen LogP contribution in [0.3, 0.4) is 0 Å². The summed E-state index contributed by atoms with van der Waals surface area (Å²) in [7, 11) is 0. The van der Waals surface area contributed by atoms with Gasteiger partial charge in [-0.25, -0.2) is 0 Å². The Balaban J connectivity index is 1.96. The molecular weight excluding hydrogens is 218 g/mol. The highest BCUT2D eigenvalue weighted by Crippen LogP contribution is 2.38. The van der Waals surface area contributed by atoms with Gasteiger partial charge in [-0.1, -0.05) is 6.07 Å². The third-order valence-electron chi connectivity index (χ3n) is 3.76. The van der Waals surface area contributed by atoms with Gasteiger partial charge in [0, 0.05) is 12.0 Å². The molecule has 0 amide bonds. The molecule has 1 aromatic rings. The van der Waals surface area contributed by atoms with Crippen LogP contribution in [0.25, 0.3) is 0 Å². The fourth-order valence-electron chi connectivity index (χ4n) is 2.67. The third kappa shape index (κ3) is 1.77. The van der Waals surface area contributed by atoms with E-state index in [1.54, 1.807) is 0 Å². The third-order valence-corrected chi connectivity index (χ3v) is 3.76. The molecule has 0 radical (unpaired) electrons. The van der Waals surface area contributed by atoms with E-state index in [1.807, 2.05) is 18.2 Å². The molecule has 2 heterocycles. The van der Waals surface area contributed by atoms with Crippen molar-refractivity contribution in [3.63, 3.8) is 0 Å². The van der Waals surface area contributed by atoms with Crippen LogP contribution in [0.15, 0.2) is 18.2 Å². The summed E-state index contributed by atoms with van der Waals surface area (Å²) in [6.45, 7) is 2.32. The molecule has 0 aromatic heterocycles. The van der Waals surface area contributed by atoms with E-state index in [2.05, 4.69) is 5.32 Å². The topological polar surface area (TPSA) is 50.7 Å². The van der Waals surface area contributed by atoms with Gasteiger partial charge in [-0.15, -0.1) is 0 Å². The maximum absolute atomic E-state index is 9.73. The van der Waals surface area contributed by atoms with Gasteiger partial charge < -0.3 is 19.9 Å². The van der Waals surface area contributed by atoms with E-state index in [4.69, 9.17) is 9.47 Å². The van der Waals surface area contributed by atoms with Crippen LogP contribution in [-0.4, -0.2) is 31.6 Å². The fraction of sp³-hybridized carbons (Fsp3) is 0.538. The number of rotatable bonds is 2. The number of aliphatic hydroxyl groups excluding tert-OH is 1. The van der Waals surface area contributed by atoms with E-state index in [0.29, 0.717) is 6.79 Å². The van der Waals surface area contributed by atoms with Crippen LogP contribution in [0.4, 0.5) is 0 Å². The van der Waals surface area contributed by atoms with Crippen LogP contribution in [0, 0.1) is 0 Å². The smallest absolute Gasteiger partial charge is 0.231 e. The van der Waals surface area contributed by atoms with Gasteiger partial charge in [0.05, 0.1) is 6.61 Å². The van der Waals surface area contributed by atoms with Crippen molar-refractivity contribution in [2.75, 3.05) is 26.5 Å². The van der Waals surface area contributed by atoms with Gasteiger partial charge >= 0.3 is 0 Å². The molecule has 2 N–H and O–H groups in total. The van der Waals surface area contributed by atoms with Crippen LogP contribution in [0.2, 0.25) is 0 Å². The average molecular weight is 235 g/mol. The van der Waals surface area contributed by atoms with E-state index < -0.39 is 0 Å². The van der Waals surface area contributed by atoms with E-state index in [9.17, 15) is 5.11 Å². The molecule has 1 atom stereocenters. The summed E-state index contributed by atoms with van der Waals surface area (Å²) in [4.78, 5) is 0. The Hall–Kier alpha value is -1.26. The number of benzene rings is 1. The first-order valence-corrected chi connectivity index (χ1v) is 6.06. The normalized spacial score (nSPS) is 27.1. The van der Waals surface area contributed by atoms with Crippen molar-refractivity contribution < 1.29 is 14.6 Å². The van der Waals surface area contributed by atoms with Crippen molar-refractivity contribution >= 4 is 0 Å². The number of nitrogens with one attached hydrogen (secondary N) is 1. The van der Waals surface area contributed by atoms with Crippen LogP contribution in [-0.2, 0) is 5.41 Å². The second-order valence-corrected chi connectivity index (χ2v) is 4.79. The molecule has 0 bridgehead atoms. The maximum atomic E-state index is 9.73. The van der Waals surface area contributed by atoms with Crippen LogP contribution < -0.4 is 14.8 Å². The quantitative estimate of drug-likeness (QED) is 0.804. The summed E-state index contributed by atoms with van der Waals surface area (Å²) in [6, 6.07) is 5.98. The minimum Gasteiger partial charge on any atom is -0.454 e. The first-order chi connectivity index (χ1) is 8.34. The Bertz CT molecular complexity index is 413. The lowest BCUT2D eigenvalue weighted by Crippen LogP contribution is -2.45. The lowest BCUT2D eigenvalue weighted by molar-refractivity contribution is 0.161. The van der Waals surface area contributed by atoms with Crippen molar-refractivity contribution in [2.45, 2.75) is 18.3 Å². The first-order valence-electron chi connectivity index (χ1n) is 6.06. The summed E-state index contributed by atoms with van der Waals surface area (Å²) in [5, 5.41) is 13.1. The van der Waals surface area contributed by atoms with Crippen molar-refractivity contribution in [1.29, 1.82) is 0 Å². The molecule has 1 saturated heterocycles. The highest BCUT2D eigenvalue weighted by Gasteiger charge is 2.34. The lowest BCUT2D eigenvalue weighted by Gasteiger charge is -2.36. The second-order valence-electron chi connectivity index (χ2n) is 4.79. The zero-order valence-electron chi connectivity index (χ0n) is 9.74. The molecule has 1 fully saturated rings. The fourth-order valence-corrected chi connectivity index (χ4v) is 2.67. The summed E-state index contributed by atoms with van der Waals surface area (Å²) in [6.07, 6.45) is 2.10. The summed E-state index contributed by atoms with van der Waals surface area (Å²) in [5.41, 5.74) is 0.968. The minimum atomic E-state index is -0.167. The maximum Gasteiger partial charge on any atom is 0.231 e.